The number of hydrogen-bond acceptors (Lipinski definition) is 4. The number of nitriles is 1. The maximum absolute atomic E-state index is 8.86. The number of thioether (sulfide) groups is 1. The number of nitrogens with zero attached hydrogens (tertiary/aromatic N) is 4. The summed E-state index contributed by atoms with van der Waals surface area (Å²) in [5, 5.41) is 18.2. The van der Waals surface area contributed by atoms with Crippen molar-refractivity contribution < 1.29 is 0 Å². The Kier molecular flexibility index (Phi) is 4.79. The van der Waals surface area contributed by atoms with E-state index in [2.05, 4.69) is 51.3 Å². The molecule has 1 aromatic heterocycles. The van der Waals surface area contributed by atoms with Gasteiger partial charge in [-0.2, -0.15) is 5.26 Å². The smallest absolute Gasteiger partial charge is 0.197 e. The molecule has 0 aliphatic carbocycles. The van der Waals surface area contributed by atoms with Gasteiger partial charge in [0.1, 0.15) is 0 Å². The molecule has 0 spiro atoms. The first kappa shape index (κ1) is 15.8. The lowest BCUT2D eigenvalue weighted by molar-refractivity contribution is 0.887. The largest absolute Gasteiger partial charge is 0.270 e. The van der Waals surface area contributed by atoms with Crippen LogP contribution in [0.2, 0.25) is 0 Å². The van der Waals surface area contributed by atoms with Crippen LogP contribution < -0.4 is 0 Å². The van der Waals surface area contributed by atoms with Gasteiger partial charge in [0.2, 0.25) is 0 Å². The molecule has 0 bridgehead atoms. The van der Waals surface area contributed by atoms with E-state index in [9.17, 15) is 0 Å². The number of aromatic nitrogens is 3. The Balaban J connectivity index is 2.17. The minimum atomic E-state index is 0.333. The highest BCUT2D eigenvalue weighted by molar-refractivity contribution is 9.10. The van der Waals surface area contributed by atoms with Crippen molar-refractivity contribution in [1.82, 2.24) is 14.8 Å². The highest BCUT2D eigenvalue weighted by Gasteiger charge is 2.17. The van der Waals surface area contributed by atoms with Crippen LogP contribution in [-0.4, -0.2) is 20.5 Å². The molecule has 3 rings (SSSR count). The van der Waals surface area contributed by atoms with Crippen molar-refractivity contribution in [2.75, 3.05) is 5.75 Å². The molecule has 23 heavy (non-hydrogen) atoms. The minimum absolute atomic E-state index is 0.333. The van der Waals surface area contributed by atoms with Gasteiger partial charge in [0, 0.05) is 15.7 Å². The summed E-state index contributed by atoms with van der Waals surface area (Å²) < 4.78 is 2.94. The lowest BCUT2D eigenvalue weighted by Crippen LogP contribution is -2.00. The van der Waals surface area contributed by atoms with Gasteiger partial charge in [-0.1, -0.05) is 63.6 Å². The van der Waals surface area contributed by atoms with Crippen LogP contribution in [0.25, 0.3) is 17.1 Å². The SMILES string of the molecule is Cc1ccc(-n2c(SCC#N)nnc2-c2ccccc2Br)cc1. The summed E-state index contributed by atoms with van der Waals surface area (Å²) in [5.41, 5.74) is 3.13. The third-order valence-corrected chi connectivity index (χ3v) is 4.79. The predicted molar refractivity (Wildman–Crippen MR) is 95.6 cm³/mol. The van der Waals surface area contributed by atoms with Crippen LogP contribution >= 0.6 is 27.7 Å². The van der Waals surface area contributed by atoms with Gasteiger partial charge < -0.3 is 0 Å². The topological polar surface area (TPSA) is 54.5 Å². The molecule has 0 saturated heterocycles. The third-order valence-electron chi connectivity index (χ3n) is 3.31. The number of halogens is 1. The molecule has 0 saturated carbocycles. The van der Waals surface area contributed by atoms with Gasteiger partial charge in [-0.25, -0.2) is 0 Å². The van der Waals surface area contributed by atoms with E-state index >= 15 is 0 Å². The summed E-state index contributed by atoms with van der Waals surface area (Å²) >= 11 is 4.95. The fraction of sp³-hybridized carbons (Fsp3) is 0.118. The van der Waals surface area contributed by atoms with Gasteiger partial charge in [0.05, 0.1) is 11.8 Å². The van der Waals surface area contributed by atoms with Gasteiger partial charge >= 0.3 is 0 Å². The van der Waals surface area contributed by atoms with Crippen molar-refractivity contribution in [2.24, 2.45) is 0 Å². The summed E-state index contributed by atoms with van der Waals surface area (Å²) in [7, 11) is 0. The van der Waals surface area contributed by atoms with Gasteiger partial charge in [-0.15, -0.1) is 10.2 Å². The van der Waals surface area contributed by atoms with Crippen molar-refractivity contribution in [1.29, 1.82) is 5.26 Å². The average Bonchev–Trinajstić information content (AvgIpc) is 2.98. The number of hydrogen-bond donors (Lipinski definition) is 0. The maximum Gasteiger partial charge on any atom is 0.197 e. The van der Waals surface area contributed by atoms with Gasteiger partial charge in [0.25, 0.3) is 0 Å². The highest BCUT2D eigenvalue weighted by Crippen LogP contribution is 2.31. The van der Waals surface area contributed by atoms with Crippen LogP contribution in [0.3, 0.4) is 0 Å². The minimum Gasteiger partial charge on any atom is -0.270 e. The number of rotatable bonds is 4. The van der Waals surface area contributed by atoms with Crippen LogP contribution in [0.4, 0.5) is 0 Å². The lowest BCUT2D eigenvalue weighted by atomic mass is 10.2. The second-order valence-corrected chi connectivity index (χ2v) is 6.70. The molecule has 0 atom stereocenters. The van der Waals surface area contributed by atoms with E-state index < -0.39 is 0 Å². The highest BCUT2D eigenvalue weighted by atomic mass is 79.9. The molecule has 3 aromatic rings. The summed E-state index contributed by atoms with van der Waals surface area (Å²) in [4.78, 5) is 0. The van der Waals surface area contributed by atoms with Crippen molar-refractivity contribution in [3.63, 3.8) is 0 Å². The second kappa shape index (κ2) is 6.99. The maximum atomic E-state index is 8.86. The molecule has 0 unspecified atom stereocenters. The summed E-state index contributed by atoms with van der Waals surface area (Å²) in [6.45, 7) is 2.05. The second-order valence-electron chi connectivity index (χ2n) is 4.90. The zero-order valence-electron chi connectivity index (χ0n) is 12.4. The van der Waals surface area contributed by atoms with Crippen molar-refractivity contribution in [3.05, 3.63) is 58.6 Å². The molecule has 114 valence electrons. The lowest BCUT2D eigenvalue weighted by Gasteiger charge is -2.11. The first-order chi connectivity index (χ1) is 11.2. The molecule has 1 heterocycles. The van der Waals surface area contributed by atoms with E-state index in [1.807, 2.05) is 41.0 Å². The zero-order chi connectivity index (χ0) is 16.2. The third kappa shape index (κ3) is 3.31. The van der Waals surface area contributed by atoms with Crippen molar-refractivity contribution in [3.8, 4) is 23.1 Å². The van der Waals surface area contributed by atoms with Crippen LogP contribution in [0, 0.1) is 18.3 Å². The summed E-state index contributed by atoms with van der Waals surface area (Å²) in [6.07, 6.45) is 0. The Morgan fingerprint density at radius 3 is 2.57 bits per heavy atom. The molecule has 2 aromatic carbocycles. The zero-order valence-corrected chi connectivity index (χ0v) is 14.8. The normalized spacial score (nSPS) is 10.5. The van der Waals surface area contributed by atoms with E-state index in [0.29, 0.717) is 10.9 Å². The predicted octanol–water partition coefficient (Wildman–Crippen LogP) is 4.62. The number of aryl methyl sites for hydroxylation is 1. The Morgan fingerprint density at radius 1 is 1.13 bits per heavy atom. The molecule has 4 nitrogen and oxygen atoms in total. The number of benzene rings is 2. The van der Waals surface area contributed by atoms with Crippen molar-refractivity contribution in [2.45, 2.75) is 12.1 Å². The molecule has 0 fully saturated rings. The quantitative estimate of drug-likeness (QED) is 0.615. The molecule has 0 amide bonds. The van der Waals surface area contributed by atoms with E-state index in [4.69, 9.17) is 5.26 Å². The summed E-state index contributed by atoms with van der Waals surface area (Å²) in [5.74, 6) is 1.08. The van der Waals surface area contributed by atoms with Crippen LogP contribution in [0.5, 0.6) is 0 Å². The van der Waals surface area contributed by atoms with Gasteiger partial charge in [-0.05, 0) is 25.1 Å². The molecular formula is C17H13BrN4S. The van der Waals surface area contributed by atoms with Gasteiger partial charge in [-0.3, -0.25) is 4.57 Å². The Morgan fingerprint density at radius 2 is 1.87 bits per heavy atom. The molecule has 0 aliphatic heterocycles. The summed E-state index contributed by atoms with van der Waals surface area (Å²) in [6, 6.07) is 18.2. The van der Waals surface area contributed by atoms with Crippen LogP contribution in [0.1, 0.15) is 5.56 Å². The molecule has 6 heteroatoms. The van der Waals surface area contributed by atoms with Crippen molar-refractivity contribution >= 4 is 27.7 Å². The first-order valence-electron chi connectivity index (χ1n) is 6.98. The first-order valence-corrected chi connectivity index (χ1v) is 8.75. The molecule has 0 radical (unpaired) electrons. The Bertz CT molecular complexity index is 865. The monoisotopic (exact) mass is 384 g/mol. The van der Waals surface area contributed by atoms with E-state index in [-0.39, 0.29) is 0 Å². The van der Waals surface area contributed by atoms with Gasteiger partial charge in [0.15, 0.2) is 11.0 Å². The van der Waals surface area contributed by atoms with E-state index in [0.717, 1.165) is 21.5 Å². The fourth-order valence-electron chi connectivity index (χ4n) is 2.20. The Labute approximate surface area is 147 Å². The molecule has 0 N–H and O–H groups in total. The standard InChI is InChI=1S/C17H13BrN4S/c1-12-6-8-13(9-7-12)22-16(14-4-2-3-5-15(14)18)20-21-17(22)23-11-10-19/h2-9H,11H2,1H3. The Hall–Kier alpha value is -2.10. The molecule has 0 aliphatic rings. The van der Waals surface area contributed by atoms with E-state index in [1.54, 1.807) is 0 Å². The van der Waals surface area contributed by atoms with E-state index in [1.165, 1.54) is 17.3 Å². The average molecular weight is 385 g/mol. The van der Waals surface area contributed by atoms with Crippen LogP contribution in [-0.2, 0) is 0 Å². The fourth-order valence-corrected chi connectivity index (χ4v) is 3.28. The molecular weight excluding hydrogens is 372 g/mol. The van der Waals surface area contributed by atoms with Crippen LogP contribution in [0.15, 0.2) is 58.2 Å².